The molecule has 144 valence electrons. The van der Waals surface area contributed by atoms with Crippen molar-refractivity contribution in [3.8, 4) is 0 Å². The predicted molar refractivity (Wildman–Crippen MR) is 95.4 cm³/mol. The van der Waals surface area contributed by atoms with Gasteiger partial charge in [0, 0.05) is 32.6 Å². The number of halogens is 2. The van der Waals surface area contributed by atoms with Crippen LogP contribution in [0.15, 0.2) is 12.1 Å². The maximum absolute atomic E-state index is 14.4. The molecule has 2 N–H and O–H groups in total. The monoisotopic (exact) mass is 396 g/mol. The number of rotatable bonds is 2. The quantitative estimate of drug-likeness (QED) is 0.686. The van der Waals surface area contributed by atoms with Crippen molar-refractivity contribution in [2.45, 2.75) is 18.9 Å². The van der Waals surface area contributed by atoms with Gasteiger partial charge in [-0.25, -0.2) is 4.39 Å². The van der Waals surface area contributed by atoms with Crippen molar-refractivity contribution in [1.82, 2.24) is 15.5 Å². The third kappa shape index (κ3) is 3.06. The topological polar surface area (TPSA) is 98.8 Å². The molecule has 1 atom stereocenters. The summed E-state index contributed by atoms with van der Waals surface area (Å²) < 4.78 is 14.4. The molecule has 4 amide bonds. The fourth-order valence-electron chi connectivity index (χ4n) is 3.71. The maximum atomic E-state index is 14.4. The number of amides is 4. The van der Waals surface area contributed by atoms with E-state index in [1.165, 1.54) is 12.1 Å². The molecule has 10 heteroatoms. The molecule has 2 saturated heterocycles. The van der Waals surface area contributed by atoms with Crippen molar-refractivity contribution in [3.63, 3.8) is 0 Å². The summed E-state index contributed by atoms with van der Waals surface area (Å²) in [5.74, 6) is -3.45. The minimum atomic E-state index is -1.10. The Labute approximate surface area is 160 Å². The Morgan fingerprint density at radius 2 is 1.67 bits per heavy atom. The summed E-state index contributed by atoms with van der Waals surface area (Å²) in [6, 6.07) is 1.57. The van der Waals surface area contributed by atoms with Crippen LogP contribution in [0, 0.1) is 5.82 Å². The van der Waals surface area contributed by atoms with E-state index in [9.17, 15) is 23.6 Å². The zero-order chi connectivity index (χ0) is 18.4. The van der Waals surface area contributed by atoms with Crippen LogP contribution < -0.4 is 15.5 Å². The van der Waals surface area contributed by atoms with Gasteiger partial charge in [-0.15, -0.1) is 12.4 Å². The van der Waals surface area contributed by atoms with E-state index in [1.807, 2.05) is 4.90 Å². The lowest BCUT2D eigenvalue weighted by Crippen LogP contribution is -2.54. The van der Waals surface area contributed by atoms with Gasteiger partial charge in [0.15, 0.2) is 0 Å². The molecule has 0 radical (unpaired) electrons. The normalized spacial score (nSPS) is 22.5. The van der Waals surface area contributed by atoms with Crippen LogP contribution in [0.1, 0.15) is 33.6 Å². The van der Waals surface area contributed by atoms with Gasteiger partial charge in [0.2, 0.25) is 11.8 Å². The first-order valence-electron chi connectivity index (χ1n) is 8.49. The van der Waals surface area contributed by atoms with Crippen molar-refractivity contribution in [1.29, 1.82) is 0 Å². The summed E-state index contributed by atoms with van der Waals surface area (Å²) in [6.45, 7) is 2.67. The van der Waals surface area contributed by atoms with Gasteiger partial charge in [-0.1, -0.05) is 0 Å². The first-order chi connectivity index (χ1) is 12.5. The van der Waals surface area contributed by atoms with E-state index >= 15 is 0 Å². The Morgan fingerprint density at radius 1 is 1.00 bits per heavy atom. The van der Waals surface area contributed by atoms with Crippen molar-refractivity contribution in [2.24, 2.45) is 0 Å². The second-order valence-corrected chi connectivity index (χ2v) is 6.50. The Hall–Kier alpha value is -2.52. The minimum Gasteiger partial charge on any atom is -0.368 e. The second kappa shape index (κ2) is 7.24. The highest BCUT2D eigenvalue weighted by molar-refractivity contribution is 6.25. The summed E-state index contributed by atoms with van der Waals surface area (Å²) in [6.07, 6.45) is 0.0671. The highest BCUT2D eigenvalue weighted by Gasteiger charge is 2.47. The Kier molecular flexibility index (Phi) is 5.16. The van der Waals surface area contributed by atoms with E-state index in [-0.39, 0.29) is 36.4 Å². The summed E-state index contributed by atoms with van der Waals surface area (Å²) in [5, 5.41) is 5.32. The third-order valence-corrected chi connectivity index (χ3v) is 4.98. The molecule has 0 saturated carbocycles. The van der Waals surface area contributed by atoms with Gasteiger partial charge < -0.3 is 10.2 Å². The highest BCUT2D eigenvalue weighted by Crippen LogP contribution is 2.35. The molecule has 27 heavy (non-hydrogen) atoms. The molecule has 1 unspecified atom stereocenters. The average Bonchev–Trinajstić information content (AvgIpc) is 2.89. The molecule has 0 spiro atoms. The predicted octanol–water partition coefficient (Wildman–Crippen LogP) is 0.0583. The zero-order valence-corrected chi connectivity index (χ0v) is 15.1. The molecule has 1 aromatic rings. The lowest BCUT2D eigenvalue weighted by atomic mass is 10.0. The zero-order valence-electron chi connectivity index (χ0n) is 14.3. The smallest absolute Gasteiger partial charge is 0.265 e. The molecule has 3 heterocycles. The van der Waals surface area contributed by atoms with Crippen molar-refractivity contribution in [2.75, 3.05) is 31.1 Å². The Balaban J connectivity index is 0.00000210. The number of nitrogens with zero attached hydrogens (tertiary/aromatic N) is 2. The van der Waals surface area contributed by atoms with Gasteiger partial charge in [0.25, 0.3) is 11.8 Å². The summed E-state index contributed by atoms with van der Waals surface area (Å²) >= 11 is 0. The number of hydrogen-bond acceptors (Lipinski definition) is 6. The molecule has 1 aromatic carbocycles. The van der Waals surface area contributed by atoms with Gasteiger partial charge in [-0.2, -0.15) is 0 Å². The van der Waals surface area contributed by atoms with Crippen LogP contribution in [0.25, 0.3) is 0 Å². The Morgan fingerprint density at radius 3 is 2.33 bits per heavy atom. The van der Waals surface area contributed by atoms with Gasteiger partial charge in [0.05, 0.1) is 16.8 Å². The lowest BCUT2D eigenvalue weighted by Gasteiger charge is -2.31. The number of piperidine rings is 1. The van der Waals surface area contributed by atoms with Gasteiger partial charge in [-0.05, 0) is 18.6 Å². The molecular formula is C17H18ClFN4O4. The number of hydrogen-bond donors (Lipinski definition) is 2. The summed E-state index contributed by atoms with van der Waals surface area (Å²) in [7, 11) is 0. The van der Waals surface area contributed by atoms with Gasteiger partial charge in [0.1, 0.15) is 11.9 Å². The number of carbonyl (C=O) groups excluding carboxylic acids is 4. The van der Waals surface area contributed by atoms with Crippen LogP contribution in [0.4, 0.5) is 10.1 Å². The number of imide groups is 2. The number of benzene rings is 1. The van der Waals surface area contributed by atoms with E-state index < -0.39 is 35.5 Å². The van der Waals surface area contributed by atoms with Crippen LogP contribution >= 0.6 is 12.4 Å². The number of nitrogens with one attached hydrogen (secondary N) is 2. The van der Waals surface area contributed by atoms with E-state index in [4.69, 9.17) is 0 Å². The van der Waals surface area contributed by atoms with Crippen LogP contribution in [0.5, 0.6) is 0 Å². The fourth-order valence-corrected chi connectivity index (χ4v) is 3.71. The fraction of sp³-hybridized carbons (Fsp3) is 0.412. The minimum absolute atomic E-state index is 0. The molecule has 8 nitrogen and oxygen atoms in total. The van der Waals surface area contributed by atoms with E-state index in [1.54, 1.807) is 0 Å². The first kappa shape index (κ1) is 19.2. The number of anilines is 1. The molecule has 3 aliphatic heterocycles. The van der Waals surface area contributed by atoms with Crippen LogP contribution in [-0.2, 0) is 9.59 Å². The van der Waals surface area contributed by atoms with Crippen LogP contribution in [-0.4, -0.2) is 60.7 Å². The highest BCUT2D eigenvalue weighted by atomic mass is 35.5. The van der Waals surface area contributed by atoms with Crippen molar-refractivity contribution >= 4 is 41.7 Å². The molecule has 3 aliphatic rings. The molecule has 0 aliphatic carbocycles. The number of piperazine rings is 1. The number of fused-ring (bicyclic) bond motifs is 1. The van der Waals surface area contributed by atoms with Gasteiger partial charge in [-0.3, -0.25) is 29.4 Å². The molecule has 2 fully saturated rings. The second-order valence-electron chi connectivity index (χ2n) is 6.50. The van der Waals surface area contributed by atoms with Crippen molar-refractivity contribution in [3.05, 3.63) is 29.1 Å². The third-order valence-electron chi connectivity index (χ3n) is 4.98. The lowest BCUT2D eigenvalue weighted by molar-refractivity contribution is -0.136. The molecule has 0 bridgehead atoms. The van der Waals surface area contributed by atoms with Crippen LogP contribution in [0.2, 0.25) is 0 Å². The summed E-state index contributed by atoms with van der Waals surface area (Å²) in [5.41, 5.74) is 0.202. The molecular weight excluding hydrogens is 379 g/mol. The molecule has 4 rings (SSSR count). The van der Waals surface area contributed by atoms with E-state index in [0.29, 0.717) is 31.9 Å². The average molecular weight is 397 g/mol. The SMILES string of the molecule is Cl.O=C1CCC(N2C(=O)c3c(F)ccc(N4CCNCC4)c3C2=O)C(=O)N1. The van der Waals surface area contributed by atoms with Crippen LogP contribution in [0.3, 0.4) is 0 Å². The van der Waals surface area contributed by atoms with Gasteiger partial charge >= 0.3 is 0 Å². The van der Waals surface area contributed by atoms with E-state index in [2.05, 4.69) is 10.6 Å². The standard InChI is InChI=1S/C17H17FN4O4.ClH/c18-9-1-2-10(21-7-5-19-6-8-21)14-13(9)16(25)22(17(14)26)11-3-4-12(23)20-15(11)24;/h1-2,11,19H,3-8H2,(H,20,23,24);1H. The largest absolute Gasteiger partial charge is 0.368 e. The van der Waals surface area contributed by atoms with E-state index in [0.717, 1.165) is 4.90 Å². The first-order valence-corrected chi connectivity index (χ1v) is 8.49. The maximum Gasteiger partial charge on any atom is 0.265 e. The Bertz CT molecular complexity index is 840. The van der Waals surface area contributed by atoms with Crippen molar-refractivity contribution < 1.29 is 23.6 Å². The number of carbonyl (C=O) groups is 4. The summed E-state index contributed by atoms with van der Waals surface area (Å²) in [4.78, 5) is 51.9. The molecule has 0 aromatic heterocycles.